The van der Waals surface area contributed by atoms with Gasteiger partial charge in [0, 0.05) is 36.3 Å². The molecule has 1 aromatic carbocycles. The van der Waals surface area contributed by atoms with Crippen molar-refractivity contribution < 1.29 is 4.79 Å². The number of amides is 1. The molecule has 158 valence electrons. The zero-order valence-corrected chi connectivity index (χ0v) is 17.4. The van der Waals surface area contributed by atoms with E-state index in [0.717, 1.165) is 28.7 Å². The van der Waals surface area contributed by atoms with Crippen molar-refractivity contribution >= 4 is 28.5 Å². The summed E-state index contributed by atoms with van der Waals surface area (Å²) in [6.07, 6.45) is 9.14. The van der Waals surface area contributed by atoms with Crippen LogP contribution in [0.4, 0.5) is 0 Å². The first-order chi connectivity index (χ1) is 15.7. The second-order valence-corrected chi connectivity index (χ2v) is 7.77. The monoisotopic (exact) mass is 423 g/mol. The Bertz CT molecular complexity index is 1400. The summed E-state index contributed by atoms with van der Waals surface area (Å²) in [6, 6.07) is 13.3. The molecule has 0 bridgehead atoms. The van der Waals surface area contributed by atoms with Crippen molar-refractivity contribution in [3.63, 3.8) is 0 Å². The van der Waals surface area contributed by atoms with Crippen molar-refractivity contribution in [3.05, 3.63) is 78.5 Å². The van der Waals surface area contributed by atoms with E-state index in [1.165, 1.54) is 5.01 Å². The van der Waals surface area contributed by atoms with Crippen LogP contribution in [0, 0.1) is 11.3 Å². The van der Waals surface area contributed by atoms with Gasteiger partial charge in [0.2, 0.25) is 0 Å². The molecule has 0 aliphatic carbocycles. The summed E-state index contributed by atoms with van der Waals surface area (Å²) < 4.78 is 3.88. The molecule has 0 saturated heterocycles. The van der Waals surface area contributed by atoms with Crippen LogP contribution in [-0.2, 0) is 11.3 Å². The standard InChI is InChI=1S/C24H21N7O/c1-17(5-4-12-30-21-8-7-18(14-25)13-19(21)15-28-30)24(32)31-22(9-10-27-31)23-26-16-20-6-2-3-11-29(20)23/h2-3,6-8,10-11,13,15-16,22H,1,4-5,9,12H2. The van der Waals surface area contributed by atoms with Gasteiger partial charge in [-0.2, -0.15) is 15.5 Å². The molecule has 3 aromatic heterocycles. The van der Waals surface area contributed by atoms with Crippen molar-refractivity contribution in [1.82, 2.24) is 24.2 Å². The Balaban J connectivity index is 1.24. The number of carbonyl (C=O) groups excluding carboxylic acids is 1. The van der Waals surface area contributed by atoms with Gasteiger partial charge < -0.3 is 4.40 Å². The molecular formula is C24H21N7O. The Kier molecular flexibility index (Phi) is 5.00. The zero-order valence-electron chi connectivity index (χ0n) is 17.4. The van der Waals surface area contributed by atoms with Crippen molar-refractivity contribution in [2.24, 2.45) is 5.10 Å². The number of carbonyl (C=O) groups is 1. The summed E-state index contributed by atoms with van der Waals surface area (Å²) in [5, 5.41) is 20.2. The number of benzene rings is 1. The maximum absolute atomic E-state index is 13.1. The smallest absolute Gasteiger partial charge is 0.269 e. The average molecular weight is 423 g/mol. The lowest BCUT2D eigenvalue weighted by Gasteiger charge is -2.22. The van der Waals surface area contributed by atoms with Gasteiger partial charge in [-0.15, -0.1) is 0 Å². The van der Waals surface area contributed by atoms with Gasteiger partial charge >= 0.3 is 0 Å². The number of hydrogen-bond donors (Lipinski definition) is 0. The van der Waals surface area contributed by atoms with E-state index >= 15 is 0 Å². The highest BCUT2D eigenvalue weighted by Crippen LogP contribution is 2.29. The molecule has 8 nitrogen and oxygen atoms in total. The van der Waals surface area contributed by atoms with E-state index in [1.807, 2.05) is 45.6 Å². The van der Waals surface area contributed by atoms with Gasteiger partial charge in [0.05, 0.1) is 35.1 Å². The minimum Gasteiger partial charge on any atom is -0.302 e. The van der Waals surface area contributed by atoms with E-state index in [0.29, 0.717) is 30.5 Å². The van der Waals surface area contributed by atoms with E-state index in [-0.39, 0.29) is 11.9 Å². The predicted octanol–water partition coefficient (Wildman–Crippen LogP) is 3.85. The van der Waals surface area contributed by atoms with Crippen LogP contribution in [0.2, 0.25) is 0 Å². The molecule has 1 unspecified atom stereocenters. The fraction of sp³-hybridized carbons (Fsp3) is 0.208. The Morgan fingerprint density at radius 2 is 2.16 bits per heavy atom. The lowest BCUT2D eigenvalue weighted by atomic mass is 10.1. The fourth-order valence-electron chi connectivity index (χ4n) is 4.08. The molecule has 5 rings (SSSR count). The van der Waals surface area contributed by atoms with E-state index < -0.39 is 0 Å². The quantitative estimate of drug-likeness (QED) is 0.441. The van der Waals surface area contributed by atoms with Gasteiger partial charge in [-0.05, 0) is 43.2 Å². The highest BCUT2D eigenvalue weighted by molar-refractivity contribution is 5.94. The first-order valence-electron chi connectivity index (χ1n) is 10.5. The first kappa shape index (κ1) is 19.7. The molecule has 0 saturated carbocycles. The first-order valence-corrected chi connectivity index (χ1v) is 10.5. The van der Waals surface area contributed by atoms with Gasteiger partial charge in [0.15, 0.2) is 0 Å². The highest BCUT2D eigenvalue weighted by atomic mass is 16.2. The molecule has 1 atom stereocenters. The number of aromatic nitrogens is 4. The van der Waals surface area contributed by atoms with Gasteiger partial charge in [-0.25, -0.2) is 9.99 Å². The third kappa shape index (κ3) is 3.44. The van der Waals surface area contributed by atoms with Gasteiger partial charge in [0.25, 0.3) is 5.91 Å². The lowest BCUT2D eigenvalue weighted by molar-refractivity contribution is -0.129. The topological polar surface area (TPSA) is 91.6 Å². The Morgan fingerprint density at radius 3 is 3.03 bits per heavy atom. The summed E-state index contributed by atoms with van der Waals surface area (Å²) in [5.74, 6) is 0.611. The molecule has 32 heavy (non-hydrogen) atoms. The minimum atomic E-state index is -0.242. The fourth-order valence-corrected chi connectivity index (χ4v) is 4.08. The number of imidazole rings is 1. The van der Waals surface area contributed by atoms with Gasteiger partial charge in [-0.1, -0.05) is 12.6 Å². The van der Waals surface area contributed by atoms with Crippen molar-refractivity contribution in [3.8, 4) is 6.07 Å². The van der Waals surface area contributed by atoms with Crippen LogP contribution < -0.4 is 0 Å². The Morgan fingerprint density at radius 1 is 1.25 bits per heavy atom. The molecule has 0 N–H and O–H groups in total. The second kappa shape index (κ2) is 8.12. The molecule has 1 aliphatic heterocycles. The van der Waals surface area contributed by atoms with Crippen molar-refractivity contribution in [1.29, 1.82) is 5.26 Å². The third-order valence-electron chi connectivity index (χ3n) is 5.73. The summed E-state index contributed by atoms with van der Waals surface area (Å²) in [5.41, 5.74) is 3.07. The third-order valence-corrected chi connectivity index (χ3v) is 5.73. The van der Waals surface area contributed by atoms with E-state index in [4.69, 9.17) is 5.26 Å². The maximum atomic E-state index is 13.1. The van der Waals surface area contributed by atoms with Crippen LogP contribution in [0.1, 0.15) is 36.7 Å². The SMILES string of the molecule is C=C(CCCn1ncc2cc(C#N)ccc21)C(=O)N1N=CCC1c1ncc2ccccn12. The molecule has 1 amide bonds. The van der Waals surface area contributed by atoms with Crippen molar-refractivity contribution in [2.75, 3.05) is 0 Å². The number of nitrogens with zero attached hydrogens (tertiary/aromatic N) is 7. The molecular weight excluding hydrogens is 402 g/mol. The maximum Gasteiger partial charge on any atom is 0.269 e. The zero-order chi connectivity index (χ0) is 22.1. The summed E-state index contributed by atoms with van der Waals surface area (Å²) >= 11 is 0. The number of rotatable bonds is 6. The van der Waals surface area contributed by atoms with Crippen LogP contribution in [0.15, 0.2) is 72.2 Å². The number of fused-ring (bicyclic) bond motifs is 2. The lowest BCUT2D eigenvalue weighted by Crippen LogP contribution is -2.29. The highest BCUT2D eigenvalue weighted by Gasteiger charge is 2.32. The number of nitriles is 1. The molecule has 0 spiro atoms. The number of aryl methyl sites for hydroxylation is 1. The second-order valence-electron chi connectivity index (χ2n) is 7.77. The van der Waals surface area contributed by atoms with E-state index in [1.54, 1.807) is 24.7 Å². The molecule has 1 aliphatic rings. The predicted molar refractivity (Wildman–Crippen MR) is 121 cm³/mol. The van der Waals surface area contributed by atoms with Crippen molar-refractivity contribution in [2.45, 2.75) is 31.8 Å². The number of hydrogen-bond acceptors (Lipinski definition) is 5. The largest absolute Gasteiger partial charge is 0.302 e. The van der Waals surface area contributed by atoms with Crippen LogP contribution in [-0.4, -0.2) is 36.3 Å². The van der Waals surface area contributed by atoms with E-state index in [2.05, 4.69) is 27.8 Å². The number of hydrazone groups is 1. The summed E-state index contributed by atoms with van der Waals surface area (Å²) in [4.78, 5) is 17.6. The van der Waals surface area contributed by atoms with Crippen LogP contribution in [0.25, 0.3) is 16.4 Å². The molecule has 0 radical (unpaired) electrons. The van der Waals surface area contributed by atoms with Crippen LogP contribution in [0.5, 0.6) is 0 Å². The molecule has 4 aromatic rings. The summed E-state index contributed by atoms with van der Waals surface area (Å²) in [7, 11) is 0. The Labute approximate surface area is 184 Å². The average Bonchev–Trinajstić information content (AvgIpc) is 3.56. The summed E-state index contributed by atoms with van der Waals surface area (Å²) in [6.45, 7) is 4.68. The Hall–Kier alpha value is -4.25. The van der Waals surface area contributed by atoms with Crippen LogP contribution >= 0.6 is 0 Å². The normalized spacial score (nSPS) is 15.5. The van der Waals surface area contributed by atoms with E-state index in [9.17, 15) is 4.79 Å². The van der Waals surface area contributed by atoms with Crippen LogP contribution in [0.3, 0.4) is 0 Å². The van der Waals surface area contributed by atoms with Gasteiger partial charge in [0.1, 0.15) is 11.9 Å². The molecule has 4 heterocycles. The number of pyridine rings is 1. The minimum absolute atomic E-state index is 0.180. The molecule has 0 fully saturated rings. The van der Waals surface area contributed by atoms with Gasteiger partial charge in [-0.3, -0.25) is 9.48 Å². The molecule has 8 heteroatoms.